The summed E-state index contributed by atoms with van der Waals surface area (Å²) >= 11 is 0. The molecule has 0 radical (unpaired) electrons. The normalized spacial score (nSPS) is 12.7. The minimum Gasteiger partial charge on any atom is -0.497 e. The van der Waals surface area contributed by atoms with Gasteiger partial charge >= 0.3 is 0 Å². The average molecular weight is 550 g/mol. The number of hydrogen-bond donors (Lipinski definition) is 0. The van der Waals surface area contributed by atoms with Gasteiger partial charge in [0.1, 0.15) is 46.2 Å². The molecule has 42 heavy (non-hydrogen) atoms. The Morgan fingerprint density at radius 2 is 1.10 bits per heavy atom. The standard InChI is InChI=1S/C30H24B2N8O2/c1-15-27-28(30(39(15)31)20(12-34)26-14-36-24-10-18(42-4)6-8-22(24)38-26)16(2)40(32)29(27)19(11-33)25-13-35-23-9-17(41-3)5-7-21(23)37-25/h5-10,13-14H,31-32H2,1-4H3/b29-19-,30-20-. The summed E-state index contributed by atoms with van der Waals surface area (Å²) in [6.07, 6.45) is 3.22. The molecule has 0 atom stereocenters. The molecule has 0 aliphatic heterocycles. The maximum Gasteiger partial charge on any atom is 0.223 e. The molecule has 2 aromatic carbocycles. The molecule has 0 spiro atoms. The number of ether oxygens (including phenoxy) is 2. The Kier molecular flexibility index (Phi) is 6.39. The fourth-order valence-electron chi connectivity index (χ4n) is 5.47. The van der Waals surface area contributed by atoms with Crippen LogP contribution in [0.1, 0.15) is 22.8 Å². The van der Waals surface area contributed by atoms with Crippen molar-refractivity contribution in [1.29, 1.82) is 10.5 Å². The summed E-state index contributed by atoms with van der Waals surface area (Å²) in [7, 11) is 7.03. The second-order valence-electron chi connectivity index (χ2n) is 9.93. The van der Waals surface area contributed by atoms with Crippen molar-refractivity contribution in [2.45, 2.75) is 13.8 Å². The first-order valence-electron chi connectivity index (χ1n) is 13.1. The summed E-state index contributed by atoms with van der Waals surface area (Å²) in [5, 5.41) is 24.0. The summed E-state index contributed by atoms with van der Waals surface area (Å²) in [5.41, 5.74) is 6.15. The van der Waals surface area contributed by atoms with Gasteiger partial charge < -0.3 is 18.4 Å². The van der Waals surface area contributed by atoms with Crippen LogP contribution in [0.3, 0.4) is 0 Å². The predicted molar refractivity (Wildman–Crippen MR) is 165 cm³/mol. The zero-order valence-corrected chi connectivity index (χ0v) is 24.0. The molecule has 12 heteroatoms. The van der Waals surface area contributed by atoms with Crippen molar-refractivity contribution in [3.63, 3.8) is 0 Å². The van der Waals surface area contributed by atoms with E-state index in [0.29, 0.717) is 66.8 Å². The van der Waals surface area contributed by atoms with Gasteiger partial charge in [0.05, 0.1) is 59.4 Å². The van der Waals surface area contributed by atoms with Crippen LogP contribution in [0, 0.1) is 36.5 Å². The van der Waals surface area contributed by atoms with E-state index in [2.05, 4.69) is 22.1 Å². The zero-order chi connectivity index (χ0) is 29.7. The van der Waals surface area contributed by atoms with E-state index in [0.717, 1.165) is 22.2 Å². The van der Waals surface area contributed by atoms with Crippen molar-refractivity contribution in [3.05, 3.63) is 82.3 Å². The van der Waals surface area contributed by atoms with E-state index >= 15 is 0 Å². The Morgan fingerprint density at radius 1 is 0.690 bits per heavy atom. The van der Waals surface area contributed by atoms with Crippen LogP contribution in [-0.4, -0.2) is 59.1 Å². The topological polar surface area (TPSA) is 127 Å². The molecule has 6 rings (SSSR count). The number of methoxy groups -OCH3 is 2. The second kappa shape index (κ2) is 10.1. The fraction of sp³-hybridized carbons (Fsp3) is 0.133. The highest BCUT2D eigenvalue weighted by Gasteiger charge is 2.22. The Hall–Kier alpha value is -5.61. The van der Waals surface area contributed by atoms with E-state index in [-0.39, 0.29) is 0 Å². The van der Waals surface area contributed by atoms with Gasteiger partial charge in [-0.2, -0.15) is 10.5 Å². The largest absolute Gasteiger partial charge is 0.497 e. The molecular weight excluding hydrogens is 526 g/mol. The van der Waals surface area contributed by atoms with Gasteiger partial charge in [-0.15, -0.1) is 0 Å². The highest BCUT2D eigenvalue weighted by molar-refractivity contribution is 6.14. The molecule has 0 fully saturated rings. The third-order valence-corrected chi connectivity index (χ3v) is 7.83. The minimum atomic E-state index is 0.388. The Bertz CT molecular complexity index is 2150. The van der Waals surface area contributed by atoms with Crippen molar-refractivity contribution in [1.82, 2.24) is 28.9 Å². The molecule has 202 valence electrons. The first-order chi connectivity index (χ1) is 20.3. The van der Waals surface area contributed by atoms with Gasteiger partial charge in [-0.25, -0.2) is 9.97 Å². The van der Waals surface area contributed by atoms with Crippen LogP contribution in [0.2, 0.25) is 0 Å². The molecule has 4 heterocycles. The third kappa shape index (κ3) is 3.96. The van der Waals surface area contributed by atoms with Crippen LogP contribution in [-0.2, 0) is 0 Å². The zero-order valence-electron chi connectivity index (χ0n) is 24.0. The van der Waals surface area contributed by atoms with E-state index < -0.39 is 0 Å². The van der Waals surface area contributed by atoms with Crippen LogP contribution >= 0.6 is 0 Å². The number of benzene rings is 2. The monoisotopic (exact) mass is 550 g/mol. The lowest BCUT2D eigenvalue weighted by Crippen LogP contribution is -2.24. The number of nitriles is 2. The third-order valence-electron chi connectivity index (χ3n) is 7.83. The molecule has 0 N–H and O–H groups in total. The molecule has 6 aromatic rings. The van der Waals surface area contributed by atoms with Gasteiger partial charge in [0, 0.05) is 34.3 Å². The van der Waals surface area contributed by atoms with Crippen molar-refractivity contribution < 1.29 is 9.47 Å². The van der Waals surface area contributed by atoms with E-state index in [9.17, 15) is 10.5 Å². The number of aryl methyl sites for hydroxylation is 2. The summed E-state index contributed by atoms with van der Waals surface area (Å²) in [4.78, 5) is 18.7. The second-order valence-corrected chi connectivity index (χ2v) is 9.93. The van der Waals surface area contributed by atoms with Crippen molar-refractivity contribution in [2.75, 3.05) is 14.2 Å². The number of fused-ring (bicyclic) bond motifs is 3. The van der Waals surface area contributed by atoms with Crippen LogP contribution in [0.15, 0.2) is 48.8 Å². The van der Waals surface area contributed by atoms with Crippen LogP contribution < -0.4 is 20.2 Å². The number of rotatable bonds is 4. The summed E-state index contributed by atoms with van der Waals surface area (Å²) in [5.74, 6) is 1.36. The molecule has 0 saturated carbocycles. The smallest absolute Gasteiger partial charge is 0.223 e. The molecule has 0 bridgehead atoms. The summed E-state index contributed by atoms with van der Waals surface area (Å²) in [6.45, 7) is 3.96. The number of aromatic nitrogens is 6. The highest BCUT2D eigenvalue weighted by atomic mass is 16.5. The Balaban J connectivity index is 1.68. The van der Waals surface area contributed by atoms with Gasteiger partial charge in [-0.3, -0.25) is 9.97 Å². The van der Waals surface area contributed by atoms with Crippen molar-refractivity contribution in [3.8, 4) is 23.6 Å². The van der Waals surface area contributed by atoms with Gasteiger partial charge in [0.15, 0.2) is 0 Å². The van der Waals surface area contributed by atoms with Gasteiger partial charge in [0.25, 0.3) is 0 Å². The van der Waals surface area contributed by atoms with E-state index in [4.69, 9.17) is 19.4 Å². The lowest BCUT2D eigenvalue weighted by atomic mass is 10.1. The molecule has 4 aromatic heterocycles. The van der Waals surface area contributed by atoms with E-state index in [1.54, 1.807) is 26.6 Å². The number of nitrogens with zero attached hydrogens (tertiary/aromatic N) is 8. The van der Waals surface area contributed by atoms with Crippen LogP contribution in [0.5, 0.6) is 11.5 Å². The predicted octanol–water partition coefficient (Wildman–Crippen LogP) is 1.20. The maximum atomic E-state index is 10.4. The van der Waals surface area contributed by atoms with Gasteiger partial charge in [-0.05, 0) is 38.1 Å². The minimum absolute atomic E-state index is 0.388. The SMILES string of the molecule is Bn1c(C)c2/c(=C(\C#N)c3cnc4cc(OC)ccc4n3)n(B)c(C)c2/c1=C(\C#N)c1cnc2cc(OC)ccc2n1. The average Bonchev–Trinajstić information content (AvgIpc) is 3.42. The molecule has 0 aliphatic rings. The number of hydrogen-bond acceptors (Lipinski definition) is 8. The molecule has 0 amide bonds. The van der Waals surface area contributed by atoms with Gasteiger partial charge in [0.2, 0.25) is 16.0 Å². The van der Waals surface area contributed by atoms with Crippen molar-refractivity contribution in [2.24, 2.45) is 0 Å². The first-order valence-corrected chi connectivity index (χ1v) is 13.1. The molecule has 0 aliphatic carbocycles. The maximum absolute atomic E-state index is 10.4. The fourth-order valence-corrected chi connectivity index (χ4v) is 5.47. The molecular formula is C30H24B2N8O2. The lowest BCUT2D eigenvalue weighted by Gasteiger charge is -2.07. The highest BCUT2D eigenvalue weighted by Crippen LogP contribution is 2.24. The van der Waals surface area contributed by atoms with Crippen LogP contribution in [0.4, 0.5) is 0 Å². The summed E-state index contributed by atoms with van der Waals surface area (Å²) < 4.78 is 14.6. The molecule has 0 unspecified atom stereocenters. The van der Waals surface area contributed by atoms with Gasteiger partial charge in [-0.1, -0.05) is 0 Å². The lowest BCUT2D eigenvalue weighted by molar-refractivity contribution is 0.415. The van der Waals surface area contributed by atoms with E-state index in [1.165, 1.54) is 0 Å². The quantitative estimate of drug-likeness (QED) is 0.300. The summed E-state index contributed by atoms with van der Waals surface area (Å²) in [6, 6.07) is 15.7. The Labute approximate surface area is 242 Å². The van der Waals surface area contributed by atoms with Crippen molar-refractivity contribution >= 4 is 59.9 Å². The first kappa shape index (κ1) is 26.6. The van der Waals surface area contributed by atoms with Crippen LogP contribution in [0.25, 0.3) is 44.0 Å². The molecule has 10 nitrogen and oxygen atoms in total. The Morgan fingerprint density at radius 3 is 1.45 bits per heavy atom. The molecule has 0 saturated heterocycles. The van der Waals surface area contributed by atoms with E-state index in [1.807, 2.05) is 75.2 Å².